The fourth-order valence-corrected chi connectivity index (χ4v) is 2.50. The minimum Gasteiger partial charge on any atom is -0.368 e. The Hall–Kier alpha value is -3.49. The van der Waals surface area contributed by atoms with E-state index < -0.39 is 11.9 Å². The molecule has 9 heteroatoms. The van der Waals surface area contributed by atoms with Crippen molar-refractivity contribution in [2.24, 2.45) is 5.73 Å². The van der Waals surface area contributed by atoms with Crippen LogP contribution in [0.5, 0.6) is 0 Å². The van der Waals surface area contributed by atoms with Crippen LogP contribution in [0.25, 0.3) is 11.2 Å². The molecule has 0 spiro atoms. The molecule has 4 N–H and O–H groups in total. The highest BCUT2D eigenvalue weighted by Gasteiger charge is 2.21. The van der Waals surface area contributed by atoms with Crippen molar-refractivity contribution in [3.63, 3.8) is 0 Å². The van der Waals surface area contributed by atoms with Crippen molar-refractivity contribution < 1.29 is 9.59 Å². The Morgan fingerprint density at radius 2 is 2.00 bits per heavy atom. The third-order valence-electron chi connectivity index (χ3n) is 3.67. The zero-order valence-corrected chi connectivity index (χ0v) is 13.5. The number of amides is 2. The van der Waals surface area contributed by atoms with Gasteiger partial charge in [-0.15, -0.1) is 0 Å². The number of nitrogens with zero attached hydrogens (tertiary/aromatic N) is 4. The lowest BCUT2D eigenvalue weighted by molar-refractivity contribution is -0.126. The van der Waals surface area contributed by atoms with Gasteiger partial charge in [0.25, 0.3) is 0 Å². The molecule has 25 heavy (non-hydrogen) atoms. The molecule has 128 valence electrons. The van der Waals surface area contributed by atoms with Crippen LogP contribution in [0.3, 0.4) is 0 Å². The van der Waals surface area contributed by atoms with Gasteiger partial charge in [-0.2, -0.15) is 0 Å². The van der Waals surface area contributed by atoms with Gasteiger partial charge in [0, 0.05) is 7.05 Å². The van der Waals surface area contributed by atoms with Crippen LogP contribution in [0, 0.1) is 0 Å². The molecule has 0 fully saturated rings. The number of H-pyrrole nitrogens is 1. The SMILES string of the molecule is CN(CC(=O)N[C@H](C(N)=O)c1ccccc1)c1ncnc2nc[nH]c12. The van der Waals surface area contributed by atoms with Crippen molar-refractivity contribution in [3.05, 3.63) is 48.5 Å². The lowest BCUT2D eigenvalue weighted by atomic mass is 10.1. The molecule has 0 aliphatic heterocycles. The second-order valence-corrected chi connectivity index (χ2v) is 5.47. The van der Waals surface area contributed by atoms with Crippen LogP contribution in [-0.4, -0.2) is 45.3 Å². The van der Waals surface area contributed by atoms with Crippen LogP contribution < -0.4 is 16.0 Å². The van der Waals surface area contributed by atoms with Gasteiger partial charge >= 0.3 is 0 Å². The minimum atomic E-state index is -0.889. The first kappa shape index (κ1) is 16.4. The quantitative estimate of drug-likeness (QED) is 0.585. The van der Waals surface area contributed by atoms with Gasteiger partial charge in [0.1, 0.15) is 17.9 Å². The lowest BCUT2D eigenvalue weighted by Gasteiger charge is -2.20. The Kier molecular flexibility index (Phi) is 4.55. The Morgan fingerprint density at radius 3 is 2.72 bits per heavy atom. The molecule has 0 saturated carbocycles. The van der Waals surface area contributed by atoms with E-state index in [-0.39, 0.29) is 12.5 Å². The number of carbonyl (C=O) groups excluding carboxylic acids is 2. The van der Waals surface area contributed by atoms with E-state index in [2.05, 4.69) is 25.3 Å². The number of nitrogens with two attached hydrogens (primary N) is 1. The van der Waals surface area contributed by atoms with Crippen LogP contribution in [0.4, 0.5) is 5.82 Å². The summed E-state index contributed by atoms with van der Waals surface area (Å²) >= 11 is 0. The molecule has 0 unspecified atom stereocenters. The van der Waals surface area contributed by atoms with Crippen molar-refractivity contribution in [2.45, 2.75) is 6.04 Å². The van der Waals surface area contributed by atoms with E-state index in [1.807, 2.05) is 6.07 Å². The Morgan fingerprint density at radius 1 is 1.24 bits per heavy atom. The number of hydrogen-bond donors (Lipinski definition) is 3. The molecule has 0 radical (unpaired) electrons. The molecule has 1 aromatic carbocycles. The van der Waals surface area contributed by atoms with Crippen molar-refractivity contribution >= 4 is 28.8 Å². The van der Waals surface area contributed by atoms with E-state index in [0.717, 1.165) is 0 Å². The molecule has 0 saturated heterocycles. The summed E-state index contributed by atoms with van der Waals surface area (Å²) in [5.41, 5.74) is 7.19. The Balaban J connectivity index is 1.73. The average molecular weight is 339 g/mol. The van der Waals surface area contributed by atoms with Crippen molar-refractivity contribution in [1.29, 1.82) is 0 Å². The molecule has 3 aromatic rings. The summed E-state index contributed by atoms with van der Waals surface area (Å²) < 4.78 is 0. The smallest absolute Gasteiger partial charge is 0.244 e. The van der Waals surface area contributed by atoms with Crippen LogP contribution in [0.1, 0.15) is 11.6 Å². The highest BCUT2D eigenvalue weighted by Crippen LogP contribution is 2.18. The lowest BCUT2D eigenvalue weighted by Crippen LogP contribution is -2.42. The zero-order valence-electron chi connectivity index (χ0n) is 13.5. The number of aromatic nitrogens is 4. The number of primary amides is 1. The molecule has 9 nitrogen and oxygen atoms in total. The van der Waals surface area contributed by atoms with Gasteiger partial charge in [0.2, 0.25) is 11.8 Å². The van der Waals surface area contributed by atoms with E-state index in [1.54, 1.807) is 36.2 Å². The Labute approximate surface area is 143 Å². The number of rotatable bonds is 6. The molecule has 0 aliphatic carbocycles. The van der Waals surface area contributed by atoms with E-state index >= 15 is 0 Å². The number of aromatic amines is 1. The Bertz CT molecular complexity index is 894. The van der Waals surface area contributed by atoms with Crippen molar-refractivity contribution in [1.82, 2.24) is 25.3 Å². The zero-order chi connectivity index (χ0) is 17.8. The predicted molar refractivity (Wildman–Crippen MR) is 91.5 cm³/mol. The van der Waals surface area contributed by atoms with Crippen molar-refractivity contribution in [3.8, 4) is 0 Å². The normalized spacial score (nSPS) is 11.9. The van der Waals surface area contributed by atoms with Crippen LogP contribution in [0.2, 0.25) is 0 Å². The van der Waals surface area contributed by atoms with Gasteiger partial charge in [-0.25, -0.2) is 15.0 Å². The molecule has 1 atom stereocenters. The minimum absolute atomic E-state index is 0.0122. The van der Waals surface area contributed by atoms with Crippen LogP contribution in [0.15, 0.2) is 43.0 Å². The van der Waals surface area contributed by atoms with Crippen LogP contribution >= 0.6 is 0 Å². The van der Waals surface area contributed by atoms with Gasteiger partial charge in [-0.05, 0) is 5.56 Å². The molecular formula is C16H17N7O2. The van der Waals surface area contributed by atoms with Gasteiger partial charge in [-0.3, -0.25) is 9.59 Å². The topological polar surface area (TPSA) is 130 Å². The highest BCUT2D eigenvalue weighted by molar-refractivity contribution is 5.91. The maximum Gasteiger partial charge on any atom is 0.244 e. The molecule has 2 aromatic heterocycles. The number of anilines is 1. The number of hydrogen-bond acceptors (Lipinski definition) is 6. The van der Waals surface area contributed by atoms with E-state index in [1.165, 1.54) is 12.7 Å². The summed E-state index contributed by atoms with van der Waals surface area (Å²) in [5, 5.41) is 2.65. The molecule has 0 bridgehead atoms. The first-order valence-electron chi connectivity index (χ1n) is 7.55. The second-order valence-electron chi connectivity index (χ2n) is 5.47. The maximum absolute atomic E-state index is 12.4. The number of imidazole rings is 1. The number of carbonyl (C=O) groups is 2. The predicted octanol–water partition coefficient (Wildman–Crippen LogP) is 0.132. The van der Waals surface area contributed by atoms with E-state index in [4.69, 9.17) is 5.73 Å². The first-order chi connectivity index (χ1) is 12.1. The van der Waals surface area contributed by atoms with Crippen molar-refractivity contribution in [2.75, 3.05) is 18.5 Å². The summed E-state index contributed by atoms with van der Waals surface area (Å²) in [6.07, 6.45) is 2.89. The summed E-state index contributed by atoms with van der Waals surface area (Å²) in [5.74, 6) is -0.449. The first-order valence-corrected chi connectivity index (χ1v) is 7.55. The highest BCUT2D eigenvalue weighted by atomic mass is 16.2. The van der Waals surface area contributed by atoms with Gasteiger partial charge in [0.05, 0.1) is 12.9 Å². The molecule has 0 aliphatic rings. The average Bonchev–Trinajstić information content (AvgIpc) is 3.08. The fourth-order valence-electron chi connectivity index (χ4n) is 2.50. The number of fused-ring (bicyclic) bond motifs is 1. The molecule has 2 heterocycles. The summed E-state index contributed by atoms with van der Waals surface area (Å²) in [6.45, 7) is -0.0122. The fraction of sp³-hybridized carbons (Fsp3) is 0.188. The summed E-state index contributed by atoms with van der Waals surface area (Å²) in [7, 11) is 1.71. The third-order valence-corrected chi connectivity index (χ3v) is 3.67. The molecular weight excluding hydrogens is 322 g/mol. The number of benzene rings is 1. The van der Waals surface area contributed by atoms with E-state index in [0.29, 0.717) is 22.5 Å². The second kappa shape index (κ2) is 6.95. The largest absolute Gasteiger partial charge is 0.368 e. The maximum atomic E-state index is 12.4. The monoisotopic (exact) mass is 339 g/mol. The van der Waals surface area contributed by atoms with Gasteiger partial charge < -0.3 is 20.9 Å². The summed E-state index contributed by atoms with van der Waals surface area (Å²) in [6, 6.07) is 7.95. The van der Waals surface area contributed by atoms with E-state index in [9.17, 15) is 9.59 Å². The number of likely N-dealkylation sites (N-methyl/N-ethyl adjacent to an activating group) is 1. The van der Waals surface area contributed by atoms with Crippen LogP contribution in [-0.2, 0) is 9.59 Å². The number of nitrogens with one attached hydrogen (secondary N) is 2. The molecule has 2 amide bonds. The molecule has 3 rings (SSSR count). The van der Waals surface area contributed by atoms with Gasteiger partial charge in [-0.1, -0.05) is 30.3 Å². The summed E-state index contributed by atoms with van der Waals surface area (Å²) in [4.78, 5) is 40.9. The third kappa shape index (κ3) is 3.55. The van der Waals surface area contributed by atoms with Gasteiger partial charge in [0.15, 0.2) is 11.5 Å². The standard InChI is InChI=1S/C16H17N7O2/c1-23(16-13-15(19-8-18-13)20-9-21-16)7-11(24)22-12(14(17)25)10-5-3-2-4-6-10/h2-6,8-9,12H,7H2,1H3,(H2,17,25)(H,22,24)(H,18,19,20,21)/t12-/m0/s1.